The van der Waals surface area contributed by atoms with Crippen LogP contribution in [0.2, 0.25) is 0 Å². The van der Waals surface area contributed by atoms with E-state index in [1.807, 2.05) is 0 Å². The van der Waals surface area contributed by atoms with Crippen molar-refractivity contribution in [2.75, 3.05) is 11.9 Å². The minimum Gasteiger partial charge on any atom is -0.482 e. The van der Waals surface area contributed by atoms with E-state index < -0.39 is 28.0 Å². The number of nitrogens with one attached hydrogen (secondary N) is 2. The monoisotopic (exact) mass is 328 g/mol. The molecule has 0 radical (unpaired) electrons. The zero-order chi connectivity index (χ0) is 16.5. The molecule has 2 rings (SSSR count). The summed E-state index contributed by atoms with van der Waals surface area (Å²) in [6, 6.07) is 2.69. The maximum absolute atomic E-state index is 12.3. The Kier molecular flexibility index (Phi) is 4.38. The van der Waals surface area contributed by atoms with Gasteiger partial charge < -0.3 is 15.2 Å². The first-order valence-electron chi connectivity index (χ1n) is 6.52. The van der Waals surface area contributed by atoms with Crippen molar-refractivity contribution in [3.8, 4) is 5.75 Å². The van der Waals surface area contributed by atoms with Crippen molar-refractivity contribution in [3.63, 3.8) is 0 Å². The summed E-state index contributed by atoms with van der Waals surface area (Å²) in [5.74, 6) is -1.71. The van der Waals surface area contributed by atoms with Gasteiger partial charge in [-0.1, -0.05) is 13.8 Å². The van der Waals surface area contributed by atoms with Crippen LogP contribution in [-0.2, 0) is 19.6 Å². The van der Waals surface area contributed by atoms with Gasteiger partial charge in [-0.2, -0.15) is 4.72 Å². The van der Waals surface area contributed by atoms with Crippen molar-refractivity contribution in [2.45, 2.75) is 24.8 Å². The quantitative estimate of drug-likeness (QED) is 0.719. The number of hydrogen-bond donors (Lipinski definition) is 3. The molecule has 22 heavy (non-hydrogen) atoms. The Balaban J connectivity index is 2.32. The van der Waals surface area contributed by atoms with Crippen LogP contribution >= 0.6 is 0 Å². The van der Waals surface area contributed by atoms with Gasteiger partial charge in [0.05, 0.1) is 10.6 Å². The van der Waals surface area contributed by atoms with Crippen LogP contribution in [0.25, 0.3) is 0 Å². The van der Waals surface area contributed by atoms with E-state index in [4.69, 9.17) is 9.84 Å². The Labute approximate surface area is 127 Å². The molecule has 1 aromatic rings. The number of amides is 1. The van der Waals surface area contributed by atoms with Crippen LogP contribution in [0.4, 0.5) is 5.69 Å². The molecule has 1 atom stereocenters. The largest absolute Gasteiger partial charge is 0.482 e. The molecule has 0 bridgehead atoms. The van der Waals surface area contributed by atoms with Crippen molar-refractivity contribution < 1.29 is 27.9 Å². The van der Waals surface area contributed by atoms with E-state index in [1.165, 1.54) is 18.2 Å². The molecular formula is C13H16N2O6S. The third kappa shape index (κ3) is 3.37. The predicted octanol–water partition coefficient (Wildman–Crippen LogP) is 0.405. The highest BCUT2D eigenvalue weighted by atomic mass is 32.2. The third-order valence-electron chi connectivity index (χ3n) is 3.11. The van der Waals surface area contributed by atoms with Gasteiger partial charge in [0.1, 0.15) is 11.8 Å². The highest BCUT2D eigenvalue weighted by molar-refractivity contribution is 7.89. The van der Waals surface area contributed by atoms with Gasteiger partial charge in [0.15, 0.2) is 6.61 Å². The molecule has 0 aromatic heterocycles. The van der Waals surface area contributed by atoms with Crippen molar-refractivity contribution in [1.29, 1.82) is 0 Å². The summed E-state index contributed by atoms with van der Waals surface area (Å²) in [5, 5.41) is 11.6. The van der Waals surface area contributed by atoms with Crippen LogP contribution in [0.1, 0.15) is 13.8 Å². The number of benzene rings is 1. The highest BCUT2D eigenvalue weighted by Crippen LogP contribution is 2.30. The minimum absolute atomic E-state index is 0.133. The normalized spacial score (nSPS) is 15.7. The second-order valence-corrected chi connectivity index (χ2v) is 6.89. The molecule has 1 aliphatic heterocycles. The highest BCUT2D eigenvalue weighted by Gasteiger charge is 2.29. The zero-order valence-corrected chi connectivity index (χ0v) is 12.8. The topological polar surface area (TPSA) is 122 Å². The smallest absolute Gasteiger partial charge is 0.322 e. The minimum atomic E-state index is -4.04. The first-order valence-corrected chi connectivity index (χ1v) is 8.01. The van der Waals surface area contributed by atoms with Gasteiger partial charge in [0.2, 0.25) is 10.0 Å². The first-order chi connectivity index (χ1) is 10.2. The van der Waals surface area contributed by atoms with E-state index in [0.717, 1.165) is 0 Å². The first kappa shape index (κ1) is 16.2. The number of carboxylic acid groups (broad SMARTS) is 1. The number of fused-ring (bicyclic) bond motifs is 1. The van der Waals surface area contributed by atoms with Gasteiger partial charge in [-0.05, 0) is 24.1 Å². The van der Waals surface area contributed by atoms with E-state index in [9.17, 15) is 18.0 Å². The molecule has 1 heterocycles. The van der Waals surface area contributed by atoms with E-state index in [-0.39, 0.29) is 23.1 Å². The Bertz CT molecular complexity index is 713. The van der Waals surface area contributed by atoms with E-state index >= 15 is 0 Å². The lowest BCUT2D eigenvalue weighted by atomic mass is 10.1. The molecule has 0 saturated heterocycles. The van der Waals surface area contributed by atoms with Gasteiger partial charge in [-0.15, -0.1) is 0 Å². The third-order valence-corrected chi connectivity index (χ3v) is 4.55. The molecule has 1 aromatic carbocycles. The molecule has 9 heteroatoms. The molecule has 0 aliphatic carbocycles. The summed E-state index contributed by atoms with van der Waals surface area (Å²) in [7, 11) is -4.04. The SMILES string of the molecule is CC(C)C(NS(=O)(=O)c1ccc2c(c1)NC(=O)CO2)C(=O)O. The molecule has 0 spiro atoms. The number of sulfonamides is 1. The Hall–Kier alpha value is -2.13. The summed E-state index contributed by atoms with van der Waals surface area (Å²) >= 11 is 0. The summed E-state index contributed by atoms with van der Waals surface area (Å²) in [6.07, 6.45) is 0. The van der Waals surface area contributed by atoms with Crippen molar-refractivity contribution in [2.24, 2.45) is 5.92 Å². The Morgan fingerprint density at radius 3 is 2.68 bits per heavy atom. The van der Waals surface area contributed by atoms with Crippen LogP contribution in [0.5, 0.6) is 5.75 Å². The summed E-state index contributed by atoms with van der Waals surface area (Å²) in [4.78, 5) is 22.2. The number of anilines is 1. The van der Waals surface area contributed by atoms with E-state index in [1.54, 1.807) is 13.8 Å². The van der Waals surface area contributed by atoms with Gasteiger partial charge >= 0.3 is 5.97 Å². The van der Waals surface area contributed by atoms with E-state index in [0.29, 0.717) is 5.75 Å². The van der Waals surface area contributed by atoms with Crippen LogP contribution in [0.3, 0.4) is 0 Å². The van der Waals surface area contributed by atoms with Gasteiger partial charge in [0, 0.05) is 0 Å². The fourth-order valence-corrected chi connectivity index (χ4v) is 3.30. The number of rotatable bonds is 5. The maximum Gasteiger partial charge on any atom is 0.322 e. The van der Waals surface area contributed by atoms with E-state index in [2.05, 4.69) is 10.0 Å². The number of carboxylic acids is 1. The molecule has 120 valence electrons. The number of ether oxygens (including phenoxy) is 1. The fraction of sp³-hybridized carbons (Fsp3) is 0.385. The summed E-state index contributed by atoms with van der Waals surface area (Å²) < 4.78 is 31.9. The predicted molar refractivity (Wildman–Crippen MR) is 77.2 cm³/mol. The maximum atomic E-state index is 12.3. The van der Waals surface area contributed by atoms with Gasteiger partial charge in [-0.25, -0.2) is 8.42 Å². The van der Waals surface area contributed by atoms with Gasteiger partial charge in [-0.3, -0.25) is 9.59 Å². The Morgan fingerprint density at radius 1 is 1.41 bits per heavy atom. The summed E-state index contributed by atoms with van der Waals surface area (Å²) in [6.45, 7) is 3.07. The lowest BCUT2D eigenvalue weighted by Gasteiger charge is -2.20. The van der Waals surface area contributed by atoms with Crippen molar-refractivity contribution >= 4 is 27.6 Å². The standard InChI is InChI=1S/C13H16N2O6S/c1-7(2)12(13(17)18)15-22(19,20)8-3-4-10-9(5-8)14-11(16)6-21-10/h3-5,7,12,15H,6H2,1-2H3,(H,14,16)(H,17,18). The van der Waals surface area contributed by atoms with Gasteiger partial charge in [0.25, 0.3) is 5.91 Å². The van der Waals surface area contributed by atoms with Crippen LogP contribution < -0.4 is 14.8 Å². The number of hydrogen-bond acceptors (Lipinski definition) is 5. The fourth-order valence-electron chi connectivity index (χ4n) is 1.94. The summed E-state index contributed by atoms with van der Waals surface area (Å²) in [5.41, 5.74) is 0.232. The second-order valence-electron chi connectivity index (χ2n) is 5.18. The molecule has 1 unspecified atom stereocenters. The van der Waals surface area contributed by atoms with Crippen LogP contribution in [-0.4, -0.2) is 38.0 Å². The number of carbonyl (C=O) groups is 2. The molecule has 1 aliphatic rings. The molecule has 3 N–H and O–H groups in total. The Morgan fingerprint density at radius 2 is 2.09 bits per heavy atom. The lowest BCUT2D eigenvalue weighted by molar-refractivity contribution is -0.140. The molecule has 8 nitrogen and oxygen atoms in total. The molecule has 0 fully saturated rings. The number of carbonyl (C=O) groups excluding carboxylic acids is 1. The van der Waals surface area contributed by atoms with Crippen molar-refractivity contribution in [3.05, 3.63) is 18.2 Å². The molecular weight excluding hydrogens is 312 g/mol. The van der Waals surface area contributed by atoms with Crippen LogP contribution in [0, 0.1) is 5.92 Å². The van der Waals surface area contributed by atoms with Crippen molar-refractivity contribution in [1.82, 2.24) is 4.72 Å². The van der Waals surface area contributed by atoms with Crippen LogP contribution in [0.15, 0.2) is 23.1 Å². The molecule has 0 saturated carbocycles. The zero-order valence-electron chi connectivity index (χ0n) is 12.0. The molecule has 1 amide bonds. The average Bonchev–Trinajstić information content (AvgIpc) is 2.43. The lowest BCUT2D eigenvalue weighted by Crippen LogP contribution is -2.44. The number of aliphatic carboxylic acids is 1. The average molecular weight is 328 g/mol. The second kappa shape index (κ2) is 5.93.